The molecule has 1 unspecified atom stereocenters. The Balaban J connectivity index is 2.24. The van der Waals surface area contributed by atoms with Gasteiger partial charge in [-0.05, 0) is 31.1 Å². The number of hydrogen-bond donors (Lipinski definition) is 2. The van der Waals surface area contributed by atoms with Crippen molar-refractivity contribution in [1.29, 1.82) is 0 Å². The fraction of sp³-hybridized carbons (Fsp3) is 0.778. The first kappa shape index (κ1) is 8.53. The molecule has 2 aliphatic rings. The molecular weight excluding hydrogens is 172 g/mol. The summed E-state index contributed by atoms with van der Waals surface area (Å²) in [6.07, 6.45) is 2.59. The van der Waals surface area contributed by atoms with Gasteiger partial charge in [0.25, 0.3) is 0 Å². The van der Waals surface area contributed by atoms with Crippen LogP contribution in [-0.4, -0.2) is 22.2 Å². The molecule has 2 bridgehead atoms. The first-order valence-corrected chi connectivity index (χ1v) is 4.57. The topological polar surface area (TPSA) is 74.6 Å². The highest BCUT2D eigenvalue weighted by atomic mass is 16.4. The normalized spacial score (nSPS) is 42.2. The number of fused-ring (bicyclic) bond motifs is 2. The third kappa shape index (κ3) is 1.12. The largest absolute Gasteiger partial charge is 0.481 e. The number of aliphatic carboxylic acids is 2. The van der Waals surface area contributed by atoms with Gasteiger partial charge < -0.3 is 10.2 Å². The minimum atomic E-state index is -0.931. The number of hydrogen-bond acceptors (Lipinski definition) is 2. The van der Waals surface area contributed by atoms with Crippen molar-refractivity contribution < 1.29 is 19.8 Å². The molecule has 0 aliphatic heterocycles. The smallest absolute Gasteiger partial charge is 0.307 e. The monoisotopic (exact) mass is 184 g/mol. The van der Waals surface area contributed by atoms with Gasteiger partial charge in [-0.25, -0.2) is 0 Å². The van der Waals surface area contributed by atoms with Gasteiger partial charge in [0.1, 0.15) is 0 Å². The molecule has 2 fully saturated rings. The summed E-state index contributed by atoms with van der Waals surface area (Å²) in [6.45, 7) is 0. The molecule has 4 heteroatoms. The highest BCUT2D eigenvalue weighted by molar-refractivity contribution is 5.81. The Kier molecular flexibility index (Phi) is 1.78. The van der Waals surface area contributed by atoms with E-state index in [1.54, 1.807) is 0 Å². The van der Waals surface area contributed by atoms with Crippen LogP contribution in [0.2, 0.25) is 0 Å². The van der Waals surface area contributed by atoms with Crippen molar-refractivity contribution in [2.45, 2.75) is 19.3 Å². The van der Waals surface area contributed by atoms with Crippen molar-refractivity contribution in [3.63, 3.8) is 0 Å². The van der Waals surface area contributed by atoms with Gasteiger partial charge in [0, 0.05) is 0 Å². The zero-order valence-corrected chi connectivity index (χ0v) is 7.14. The van der Waals surface area contributed by atoms with E-state index in [9.17, 15) is 9.59 Å². The lowest BCUT2D eigenvalue weighted by atomic mass is 9.79. The standard InChI is InChI=1S/C9H12O4/c10-8(11)6-4-1-2-5(3-4)7(6)9(12)13/h4-7H,1-3H2,(H,10,11)(H,12,13)/t4-,5+,6-,7?/m0/s1. The molecule has 4 nitrogen and oxygen atoms in total. The van der Waals surface area contributed by atoms with E-state index in [4.69, 9.17) is 10.2 Å². The molecular formula is C9H12O4. The van der Waals surface area contributed by atoms with Crippen molar-refractivity contribution in [2.24, 2.45) is 23.7 Å². The molecule has 2 N–H and O–H groups in total. The van der Waals surface area contributed by atoms with Crippen LogP contribution in [-0.2, 0) is 9.59 Å². The van der Waals surface area contributed by atoms with E-state index in [0.29, 0.717) is 0 Å². The maximum absolute atomic E-state index is 10.8. The summed E-state index contributed by atoms with van der Waals surface area (Å²) in [5, 5.41) is 17.8. The number of carboxylic acid groups (broad SMARTS) is 2. The lowest BCUT2D eigenvalue weighted by Gasteiger charge is -2.24. The lowest BCUT2D eigenvalue weighted by molar-refractivity contribution is -0.156. The second-order valence-electron chi connectivity index (χ2n) is 4.06. The zero-order chi connectivity index (χ0) is 9.59. The third-order valence-electron chi connectivity index (χ3n) is 3.49. The molecule has 0 heterocycles. The summed E-state index contributed by atoms with van der Waals surface area (Å²) in [5.41, 5.74) is 0. The Morgan fingerprint density at radius 2 is 1.31 bits per heavy atom. The molecule has 0 radical (unpaired) electrons. The van der Waals surface area contributed by atoms with Crippen LogP contribution >= 0.6 is 0 Å². The molecule has 0 spiro atoms. The molecule has 0 aromatic carbocycles. The Morgan fingerprint density at radius 3 is 1.62 bits per heavy atom. The van der Waals surface area contributed by atoms with E-state index in [2.05, 4.69) is 0 Å². The highest BCUT2D eigenvalue weighted by Crippen LogP contribution is 2.52. The van der Waals surface area contributed by atoms with Crippen LogP contribution in [0.3, 0.4) is 0 Å². The Morgan fingerprint density at radius 1 is 0.923 bits per heavy atom. The molecule has 2 aliphatic carbocycles. The summed E-state index contributed by atoms with van der Waals surface area (Å²) in [4.78, 5) is 21.7. The molecule has 2 saturated carbocycles. The van der Waals surface area contributed by atoms with Crippen molar-refractivity contribution in [3.8, 4) is 0 Å². The summed E-state index contributed by atoms with van der Waals surface area (Å²) in [7, 11) is 0. The van der Waals surface area contributed by atoms with Crippen molar-refractivity contribution in [1.82, 2.24) is 0 Å². The van der Waals surface area contributed by atoms with Gasteiger partial charge in [-0.2, -0.15) is 0 Å². The van der Waals surface area contributed by atoms with Gasteiger partial charge in [0.05, 0.1) is 11.8 Å². The fourth-order valence-corrected chi connectivity index (χ4v) is 3.00. The number of carbonyl (C=O) groups is 2. The van der Waals surface area contributed by atoms with Gasteiger partial charge >= 0.3 is 11.9 Å². The average Bonchev–Trinajstić information content (AvgIpc) is 2.60. The summed E-state index contributed by atoms with van der Waals surface area (Å²) in [5.74, 6) is -2.89. The molecule has 0 aromatic rings. The Bertz CT molecular complexity index is 234. The summed E-state index contributed by atoms with van der Waals surface area (Å²) in [6, 6.07) is 0. The van der Waals surface area contributed by atoms with Crippen LogP contribution in [0.4, 0.5) is 0 Å². The molecule has 72 valence electrons. The van der Waals surface area contributed by atoms with Gasteiger partial charge in [0.2, 0.25) is 0 Å². The SMILES string of the molecule is O=C(O)C1[C@@H]2CC[C@@H](C2)[C@@H]1C(=O)O. The van der Waals surface area contributed by atoms with Gasteiger partial charge in [0.15, 0.2) is 0 Å². The Hall–Kier alpha value is -1.06. The molecule has 13 heavy (non-hydrogen) atoms. The first-order chi connectivity index (χ1) is 6.11. The number of carboxylic acids is 2. The van der Waals surface area contributed by atoms with E-state index >= 15 is 0 Å². The van der Waals surface area contributed by atoms with E-state index in [0.717, 1.165) is 19.3 Å². The molecule has 0 amide bonds. The Labute approximate surface area is 75.6 Å². The third-order valence-corrected chi connectivity index (χ3v) is 3.49. The maximum atomic E-state index is 10.8. The molecule has 0 saturated heterocycles. The van der Waals surface area contributed by atoms with Crippen LogP contribution in [0.25, 0.3) is 0 Å². The van der Waals surface area contributed by atoms with Crippen molar-refractivity contribution in [3.05, 3.63) is 0 Å². The van der Waals surface area contributed by atoms with Gasteiger partial charge in [-0.1, -0.05) is 0 Å². The van der Waals surface area contributed by atoms with Crippen LogP contribution < -0.4 is 0 Å². The number of rotatable bonds is 2. The van der Waals surface area contributed by atoms with E-state index in [1.165, 1.54) is 0 Å². The quantitative estimate of drug-likeness (QED) is 0.666. The van der Waals surface area contributed by atoms with Crippen LogP contribution in [0.1, 0.15) is 19.3 Å². The van der Waals surface area contributed by atoms with Crippen LogP contribution in [0, 0.1) is 23.7 Å². The van der Waals surface area contributed by atoms with E-state index < -0.39 is 23.8 Å². The molecule has 0 aromatic heterocycles. The van der Waals surface area contributed by atoms with E-state index in [1.807, 2.05) is 0 Å². The maximum Gasteiger partial charge on any atom is 0.307 e. The minimum absolute atomic E-state index is 0.114. The second kappa shape index (κ2) is 2.72. The predicted octanol–water partition coefficient (Wildman–Crippen LogP) is 0.818. The summed E-state index contributed by atoms with van der Waals surface area (Å²) < 4.78 is 0. The van der Waals surface area contributed by atoms with Crippen molar-refractivity contribution in [2.75, 3.05) is 0 Å². The zero-order valence-electron chi connectivity index (χ0n) is 7.14. The van der Waals surface area contributed by atoms with Crippen LogP contribution in [0.15, 0.2) is 0 Å². The highest BCUT2D eigenvalue weighted by Gasteiger charge is 2.54. The second-order valence-corrected chi connectivity index (χ2v) is 4.06. The van der Waals surface area contributed by atoms with E-state index in [-0.39, 0.29) is 11.8 Å². The summed E-state index contributed by atoms with van der Waals surface area (Å²) >= 11 is 0. The van der Waals surface area contributed by atoms with Crippen LogP contribution in [0.5, 0.6) is 0 Å². The fourth-order valence-electron chi connectivity index (χ4n) is 3.00. The average molecular weight is 184 g/mol. The predicted molar refractivity (Wildman–Crippen MR) is 43.1 cm³/mol. The first-order valence-electron chi connectivity index (χ1n) is 4.57. The van der Waals surface area contributed by atoms with Crippen molar-refractivity contribution >= 4 is 11.9 Å². The molecule has 4 atom stereocenters. The molecule has 2 rings (SSSR count). The van der Waals surface area contributed by atoms with Gasteiger partial charge in [-0.3, -0.25) is 9.59 Å². The lowest BCUT2D eigenvalue weighted by Crippen LogP contribution is -2.34. The minimum Gasteiger partial charge on any atom is -0.481 e. The van der Waals surface area contributed by atoms with Gasteiger partial charge in [-0.15, -0.1) is 0 Å².